The Hall–Kier alpha value is -2.40. The summed E-state index contributed by atoms with van der Waals surface area (Å²) in [6, 6.07) is 39.4. The first-order valence-corrected chi connectivity index (χ1v) is 21.5. The van der Waals surface area contributed by atoms with Crippen molar-refractivity contribution < 1.29 is 38.6 Å². The highest BCUT2D eigenvalue weighted by atomic mass is 28.5. The lowest BCUT2D eigenvalue weighted by Crippen LogP contribution is -2.72. The van der Waals surface area contributed by atoms with E-state index in [4.69, 9.17) is 38.6 Å². The molecule has 228 valence electrons. The van der Waals surface area contributed by atoms with Crippen molar-refractivity contribution in [3.05, 3.63) is 121 Å². The molecule has 4 aromatic carbocycles. The lowest BCUT2D eigenvalue weighted by atomic mass is 10.4. The molecule has 0 saturated carbocycles. The normalized spacial score (nSPS) is 12.4. The fourth-order valence-electron chi connectivity index (χ4n) is 4.61. The molecule has 0 aliphatic rings. The van der Waals surface area contributed by atoms with Crippen LogP contribution >= 0.6 is 0 Å². The molecular weight excluding hydrogens is 633 g/mol. The van der Waals surface area contributed by atoms with Crippen LogP contribution in [0.2, 0.25) is 0 Å². The van der Waals surface area contributed by atoms with Gasteiger partial charge in [-0.05, 0) is 20.7 Å². The summed E-state index contributed by atoms with van der Waals surface area (Å²) in [6.45, 7) is 0. The van der Waals surface area contributed by atoms with Crippen LogP contribution < -0.4 is 20.7 Å². The van der Waals surface area contributed by atoms with Crippen molar-refractivity contribution in [1.82, 2.24) is 0 Å². The van der Waals surface area contributed by atoms with Crippen LogP contribution in [-0.2, 0) is 38.6 Å². The van der Waals surface area contributed by atoms with Gasteiger partial charge in [0.1, 0.15) is 0 Å². The van der Waals surface area contributed by atoms with Gasteiger partial charge in [-0.3, -0.25) is 0 Å². The molecule has 9 nitrogen and oxygen atoms in total. The second-order valence-electron chi connectivity index (χ2n) is 9.21. The first-order chi connectivity index (χ1) is 21.0. The van der Waals surface area contributed by atoms with E-state index in [0.29, 0.717) is 0 Å². The Morgan fingerprint density at radius 2 is 0.535 bits per heavy atom. The van der Waals surface area contributed by atoms with Gasteiger partial charge in [-0.15, -0.1) is 0 Å². The molecule has 0 aliphatic heterocycles. The van der Waals surface area contributed by atoms with Crippen molar-refractivity contribution in [1.29, 1.82) is 0 Å². The van der Waals surface area contributed by atoms with Crippen molar-refractivity contribution in [3.8, 4) is 0 Å². The molecule has 0 aliphatic carbocycles. The van der Waals surface area contributed by atoms with E-state index in [1.807, 2.05) is 121 Å². The lowest BCUT2D eigenvalue weighted by Gasteiger charge is -2.39. The maximum Gasteiger partial charge on any atom is 0.475 e. The number of rotatable bonds is 17. The number of benzene rings is 4. The summed E-state index contributed by atoms with van der Waals surface area (Å²) in [7, 11) is -7.60. The predicted octanol–water partition coefficient (Wildman–Crippen LogP) is 0.950. The summed E-state index contributed by atoms with van der Waals surface area (Å²) in [6.07, 6.45) is 0. The van der Waals surface area contributed by atoms with Crippen molar-refractivity contribution in [3.63, 3.8) is 0 Å². The van der Waals surface area contributed by atoms with Crippen molar-refractivity contribution in [2.45, 2.75) is 0 Å². The second kappa shape index (κ2) is 16.6. The molecule has 0 fully saturated rings. The van der Waals surface area contributed by atoms with Gasteiger partial charge in [0, 0.05) is 35.5 Å². The van der Waals surface area contributed by atoms with Crippen LogP contribution in [0.1, 0.15) is 0 Å². The molecule has 14 heteroatoms. The Kier molecular flexibility index (Phi) is 12.9. The predicted molar refractivity (Wildman–Crippen MR) is 177 cm³/mol. The van der Waals surface area contributed by atoms with E-state index in [0.717, 1.165) is 20.7 Å². The van der Waals surface area contributed by atoms with Gasteiger partial charge in [0.05, 0.1) is 0 Å². The molecule has 4 aromatic rings. The third-order valence-electron chi connectivity index (χ3n) is 6.63. The number of hydrogen-bond donors (Lipinski definition) is 0. The summed E-state index contributed by atoms with van der Waals surface area (Å²) in [5.74, 6) is 0. The minimum absolute atomic E-state index is 0.861. The van der Waals surface area contributed by atoms with Crippen LogP contribution in [0.3, 0.4) is 0 Å². The molecule has 0 bridgehead atoms. The van der Waals surface area contributed by atoms with Crippen LogP contribution in [0.4, 0.5) is 0 Å². The zero-order valence-electron chi connectivity index (χ0n) is 25.0. The molecule has 43 heavy (non-hydrogen) atoms. The van der Waals surface area contributed by atoms with Crippen molar-refractivity contribution in [2.24, 2.45) is 0 Å². The summed E-state index contributed by atoms with van der Waals surface area (Å²) in [5, 5.41) is 3.44. The molecule has 0 atom stereocenters. The van der Waals surface area contributed by atoms with Crippen LogP contribution in [0.5, 0.6) is 0 Å². The SMILES string of the molecule is CO[SiH](OC)O[Si](O[SiH](OC)O[Si](O[SiH](OC)OC)(c1ccccc1)c1ccccc1)(c1ccccc1)c1ccccc1. The Morgan fingerprint density at radius 3 is 0.744 bits per heavy atom. The average molecular weight is 671 g/mol. The van der Waals surface area contributed by atoms with Crippen LogP contribution in [0.15, 0.2) is 121 Å². The van der Waals surface area contributed by atoms with Crippen LogP contribution in [0, 0.1) is 0 Å². The van der Waals surface area contributed by atoms with Crippen LogP contribution in [0.25, 0.3) is 0 Å². The molecule has 0 radical (unpaired) electrons. The molecule has 0 heterocycles. The van der Waals surface area contributed by atoms with E-state index in [1.54, 1.807) is 35.5 Å². The topological polar surface area (TPSA) is 83.1 Å². The van der Waals surface area contributed by atoms with Gasteiger partial charge in [-0.25, -0.2) is 0 Å². The minimum atomic E-state index is -3.56. The van der Waals surface area contributed by atoms with Gasteiger partial charge in [0.15, 0.2) is 0 Å². The zero-order valence-corrected chi connectivity index (χ0v) is 30.4. The second-order valence-corrected chi connectivity index (χ2v) is 21.8. The quantitative estimate of drug-likeness (QED) is 0.153. The first kappa shape index (κ1) is 33.5. The maximum atomic E-state index is 7.12. The average Bonchev–Trinajstić information content (AvgIpc) is 3.09. The minimum Gasteiger partial charge on any atom is -0.390 e. The van der Waals surface area contributed by atoms with Gasteiger partial charge in [0.25, 0.3) is 0 Å². The molecule has 0 N–H and O–H groups in total. The van der Waals surface area contributed by atoms with E-state index in [2.05, 4.69) is 0 Å². The Labute approximate surface area is 261 Å². The van der Waals surface area contributed by atoms with E-state index < -0.39 is 45.7 Å². The lowest BCUT2D eigenvalue weighted by molar-refractivity contribution is 0.160. The van der Waals surface area contributed by atoms with E-state index in [9.17, 15) is 0 Å². The molecule has 0 saturated heterocycles. The first-order valence-electron chi connectivity index (χ1n) is 13.6. The molecule has 0 aromatic heterocycles. The Bertz CT molecular complexity index is 1150. The smallest absolute Gasteiger partial charge is 0.390 e. The van der Waals surface area contributed by atoms with Gasteiger partial charge >= 0.3 is 45.7 Å². The van der Waals surface area contributed by atoms with Crippen molar-refractivity contribution >= 4 is 66.5 Å². The summed E-state index contributed by atoms with van der Waals surface area (Å²) in [5.41, 5.74) is 0. The standard InChI is InChI=1S/C29H38O9Si5/c1-30-39(31-2)35-42(26-18-10-6-11-19-26,27-20-12-7-13-21-27)37-41(34-5)38-43(36-40(32-3)33-4,28-22-14-8-15-23-28)29-24-16-9-17-25-29/h6-25,39-41H,1-5H3. The fraction of sp³-hybridized carbons (Fsp3) is 0.172. The van der Waals surface area contributed by atoms with Gasteiger partial charge < -0.3 is 38.6 Å². The third-order valence-corrected chi connectivity index (χ3v) is 21.3. The highest BCUT2D eigenvalue weighted by molar-refractivity contribution is 7.00. The monoisotopic (exact) mass is 670 g/mol. The Morgan fingerprint density at radius 1 is 0.326 bits per heavy atom. The summed E-state index contributed by atoms with van der Waals surface area (Å²) in [4.78, 5) is 0. The van der Waals surface area contributed by atoms with Gasteiger partial charge in [-0.2, -0.15) is 0 Å². The van der Waals surface area contributed by atoms with E-state index in [-0.39, 0.29) is 0 Å². The highest BCUT2D eigenvalue weighted by Gasteiger charge is 2.53. The highest BCUT2D eigenvalue weighted by Crippen LogP contribution is 2.19. The molecule has 0 unspecified atom stereocenters. The zero-order chi connectivity index (χ0) is 30.5. The fourth-order valence-corrected chi connectivity index (χ4v) is 21.3. The summed E-state index contributed by atoms with van der Waals surface area (Å²) < 4.78 is 56.7. The number of hydrogen-bond acceptors (Lipinski definition) is 9. The molecular formula is C29H38O9Si5. The summed E-state index contributed by atoms with van der Waals surface area (Å²) >= 11 is 0. The largest absolute Gasteiger partial charge is 0.475 e. The van der Waals surface area contributed by atoms with Gasteiger partial charge in [-0.1, -0.05) is 121 Å². The third kappa shape index (κ3) is 8.01. The van der Waals surface area contributed by atoms with Gasteiger partial charge in [0.2, 0.25) is 0 Å². The van der Waals surface area contributed by atoms with Crippen LogP contribution in [-0.4, -0.2) is 81.3 Å². The Balaban J connectivity index is 1.90. The van der Waals surface area contributed by atoms with Crippen molar-refractivity contribution in [2.75, 3.05) is 35.5 Å². The molecule has 0 spiro atoms. The molecule has 4 rings (SSSR count). The van der Waals surface area contributed by atoms with E-state index >= 15 is 0 Å². The maximum absolute atomic E-state index is 7.12. The van der Waals surface area contributed by atoms with E-state index in [1.165, 1.54) is 0 Å². The molecule has 0 amide bonds.